The number of carboxylic acids is 1. The first kappa shape index (κ1) is 18.4. The van der Waals surface area contributed by atoms with Crippen LogP contribution in [-0.4, -0.2) is 30.2 Å². The largest absolute Gasteiger partial charge is 0.479 e. The molecule has 2 N–H and O–H groups in total. The average Bonchev–Trinajstić information content (AvgIpc) is 3.16. The van der Waals surface area contributed by atoms with Gasteiger partial charge >= 0.3 is 5.97 Å². The van der Waals surface area contributed by atoms with Crippen LogP contribution in [0, 0.1) is 5.82 Å². The van der Waals surface area contributed by atoms with E-state index in [2.05, 4.69) is 5.32 Å². The van der Waals surface area contributed by atoms with Gasteiger partial charge in [-0.05, 0) is 41.8 Å². The lowest BCUT2D eigenvalue weighted by molar-refractivity contribution is -0.139. The molecule has 136 valence electrons. The van der Waals surface area contributed by atoms with Gasteiger partial charge in [0.05, 0.1) is 11.6 Å². The van der Waals surface area contributed by atoms with Crippen molar-refractivity contribution in [2.45, 2.75) is 18.4 Å². The molecule has 2 aromatic carbocycles. The van der Waals surface area contributed by atoms with Crippen molar-refractivity contribution in [3.05, 3.63) is 70.0 Å². The number of rotatable bonds is 5. The molecule has 0 spiro atoms. The Morgan fingerprint density at radius 3 is 2.73 bits per heavy atom. The van der Waals surface area contributed by atoms with Gasteiger partial charge in [0, 0.05) is 18.1 Å². The molecule has 2 atom stereocenters. The van der Waals surface area contributed by atoms with Crippen molar-refractivity contribution in [3.63, 3.8) is 0 Å². The van der Waals surface area contributed by atoms with Gasteiger partial charge in [-0.15, -0.1) is 0 Å². The summed E-state index contributed by atoms with van der Waals surface area (Å²) in [6.07, 6.45) is 0.882. The van der Waals surface area contributed by atoms with Gasteiger partial charge < -0.3 is 15.2 Å². The number of aliphatic carboxylic acids is 1. The highest BCUT2D eigenvalue weighted by atomic mass is 35.5. The minimum atomic E-state index is -1.38. The third kappa shape index (κ3) is 4.03. The first-order chi connectivity index (χ1) is 12.5. The van der Waals surface area contributed by atoms with Crippen LogP contribution in [-0.2, 0) is 9.53 Å². The van der Waals surface area contributed by atoms with Gasteiger partial charge in [-0.2, -0.15) is 0 Å². The first-order valence-corrected chi connectivity index (χ1v) is 8.50. The fraction of sp³-hybridized carbons (Fsp3) is 0.263. The maximum Gasteiger partial charge on any atom is 0.330 e. The van der Waals surface area contributed by atoms with Gasteiger partial charge in [0.1, 0.15) is 5.82 Å². The lowest BCUT2D eigenvalue weighted by atomic mass is 9.96. The number of carbonyl (C=O) groups excluding carboxylic acids is 1. The monoisotopic (exact) mass is 377 g/mol. The molecule has 1 fully saturated rings. The highest BCUT2D eigenvalue weighted by Gasteiger charge is 2.24. The van der Waals surface area contributed by atoms with E-state index in [1.54, 1.807) is 18.2 Å². The zero-order valence-electron chi connectivity index (χ0n) is 13.7. The van der Waals surface area contributed by atoms with E-state index in [-0.39, 0.29) is 16.5 Å². The van der Waals surface area contributed by atoms with Crippen LogP contribution in [0.1, 0.15) is 39.9 Å². The number of nitrogens with one attached hydrogen (secondary N) is 1. The van der Waals surface area contributed by atoms with Crippen LogP contribution in [0.5, 0.6) is 0 Å². The second-order valence-electron chi connectivity index (χ2n) is 6.10. The number of amides is 1. The Balaban J connectivity index is 1.81. The number of ether oxygens (including phenoxy) is 1. The summed E-state index contributed by atoms with van der Waals surface area (Å²) in [4.78, 5) is 24.1. The van der Waals surface area contributed by atoms with Gasteiger partial charge in [0.15, 0.2) is 6.04 Å². The van der Waals surface area contributed by atoms with Crippen LogP contribution in [0.4, 0.5) is 4.39 Å². The summed E-state index contributed by atoms with van der Waals surface area (Å²) >= 11 is 5.63. The summed E-state index contributed by atoms with van der Waals surface area (Å²) < 4.78 is 19.0. The number of hydrogen-bond donors (Lipinski definition) is 2. The lowest BCUT2D eigenvalue weighted by Crippen LogP contribution is -2.33. The normalized spacial score (nSPS) is 17.7. The van der Waals surface area contributed by atoms with Gasteiger partial charge in [-0.3, -0.25) is 4.79 Å². The summed E-state index contributed by atoms with van der Waals surface area (Å²) in [5.74, 6) is -2.36. The SMILES string of the molecule is O=C(NC(C(=O)O)c1ccc(Cl)c(F)c1)c1cccc(C2CCOC2)c1. The standard InChI is InChI=1S/C19H17ClFNO4/c20-15-5-4-12(9-16(15)21)17(19(24)25)22-18(23)13-3-1-2-11(8-13)14-6-7-26-10-14/h1-5,8-9,14,17H,6-7,10H2,(H,22,23)(H,24,25). The smallest absolute Gasteiger partial charge is 0.330 e. The van der Waals surface area contributed by atoms with Crippen LogP contribution in [0.3, 0.4) is 0 Å². The average molecular weight is 378 g/mol. The molecule has 26 heavy (non-hydrogen) atoms. The Hall–Kier alpha value is -2.44. The van der Waals surface area contributed by atoms with Crippen LogP contribution in [0.15, 0.2) is 42.5 Å². The second kappa shape index (κ2) is 7.85. The van der Waals surface area contributed by atoms with E-state index in [1.807, 2.05) is 6.07 Å². The highest BCUT2D eigenvalue weighted by molar-refractivity contribution is 6.30. The zero-order valence-corrected chi connectivity index (χ0v) is 14.5. The first-order valence-electron chi connectivity index (χ1n) is 8.12. The van der Waals surface area contributed by atoms with Crippen molar-refractivity contribution < 1.29 is 23.8 Å². The number of carboxylic acid groups (broad SMARTS) is 1. The summed E-state index contributed by atoms with van der Waals surface area (Å²) in [7, 11) is 0. The zero-order chi connectivity index (χ0) is 18.7. The van der Waals surface area contributed by atoms with E-state index < -0.39 is 23.7 Å². The van der Waals surface area contributed by atoms with Crippen LogP contribution >= 0.6 is 11.6 Å². The minimum Gasteiger partial charge on any atom is -0.479 e. The molecule has 2 aromatic rings. The van der Waals surface area contributed by atoms with E-state index in [0.29, 0.717) is 18.8 Å². The Kier molecular flexibility index (Phi) is 5.54. The molecular formula is C19H17ClFNO4. The maximum absolute atomic E-state index is 13.6. The van der Waals surface area contributed by atoms with E-state index in [1.165, 1.54) is 12.1 Å². The maximum atomic E-state index is 13.6. The Morgan fingerprint density at radius 1 is 1.27 bits per heavy atom. The summed E-state index contributed by atoms with van der Waals surface area (Å²) in [6.45, 7) is 1.29. The van der Waals surface area contributed by atoms with E-state index in [4.69, 9.17) is 16.3 Å². The number of hydrogen-bond acceptors (Lipinski definition) is 3. The van der Waals surface area contributed by atoms with Gasteiger partial charge in [-0.25, -0.2) is 9.18 Å². The molecule has 7 heteroatoms. The Labute approximate surface area is 154 Å². The van der Waals surface area contributed by atoms with E-state index in [0.717, 1.165) is 18.1 Å². The fourth-order valence-electron chi connectivity index (χ4n) is 2.93. The van der Waals surface area contributed by atoms with Gasteiger partial charge in [0.2, 0.25) is 0 Å². The van der Waals surface area contributed by atoms with Crippen molar-refractivity contribution in [3.8, 4) is 0 Å². The van der Waals surface area contributed by atoms with Crippen molar-refractivity contribution in [1.82, 2.24) is 5.32 Å². The number of carbonyl (C=O) groups is 2. The molecule has 0 radical (unpaired) electrons. The topological polar surface area (TPSA) is 75.6 Å². The van der Waals surface area contributed by atoms with Gasteiger partial charge in [0.25, 0.3) is 5.91 Å². The predicted molar refractivity (Wildman–Crippen MR) is 93.9 cm³/mol. The molecule has 0 aliphatic carbocycles. The molecule has 2 unspecified atom stereocenters. The fourth-order valence-corrected chi connectivity index (χ4v) is 3.04. The molecule has 3 rings (SSSR count). The Morgan fingerprint density at radius 2 is 2.08 bits per heavy atom. The van der Waals surface area contributed by atoms with Crippen molar-refractivity contribution >= 4 is 23.5 Å². The highest BCUT2D eigenvalue weighted by Crippen LogP contribution is 2.26. The molecule has 1 amide bonds. The van der Waals surface area contributed by atoms with Crippen LogP contribution in [0.25, 0.3) is 0 Å². The van der Waals surface area contributed by atoms with E-state index in [9.17, 15) is 19.1 Å². The lowest BCUT2D eigenvalue weighted by Gasteiger charge is -2.16. The molecule has 0 aromatic heterocycles. The summed E-state index contributed by atoms with van der Waals surface area (Å²) in [6, 6.07) is 9.26. The molecule has 1 aliphatic heterocycles. The molecule has 0 saturated carbocycles. The number of benzene rings is 2. The molecule has 0 bridgehead atoms. The summed E-state index contributed by atoms with van der Waals surface area (Å²) in [5.41, 5.74) is 1.42. The minimum absolute atomic E-state index is 0.105. The number of halogens is 2. The molecule has 1 heterocycles. The molecular weight excluding hydrogens is 361 g/mol. The van der Waals surface area contributed by atoms with Crippen LogP contribution in [0.2, 0.25) is 5.02 Å². The predicted octanol–water partition coefficient (Wildman–Crippen LogP) is 3.54. The second-order valence-corrected chi connectivity index (χ2v) is 6.51. The van der Waals surface area contributed by atoms with Crippen molar-refractivity contribution in [2.75, 3.05) is 13.2 Å². The third-order valence-corrected chi connectivity index (χ3v) is 4.66. The Bertz CT molecular complexity index is 836. The molecule has 1 saturated heterocycles. The van der Waals surface area contributed by atoms with Crippen LogP contribution < -0.4 is 5.32 Å². The van der Waals surface area contributed by atoms with E-state index >= 15 is 0 Å². The molecule has 1 aliphatic rings. The summed E-state index contributed by atoms with van der Waals surface area (Å²) in [5, 5.41) is 11.7. The third-order valence-electron chi connectivity index (χ3n) is 4.35. The quantitative estimate of drug-likeness (QED) is 0.835. The van der Waals surface area contributed by atoms with Crippen molar-refractivity contribution in [2.24, 2.45) is 0 Å². The molecule has 5 nitrogen and oxygen atoms in total. The van der Waals surface area contributed by atoms with Gasteiger partial charge in [-0.1, -0.05) is 29.8 Å². The van der Waals surface area contributed by atoms with Crippen molar-refractivity contribution in [1.29, 1.82) is 0 Å².